The number of benzene rings is 1. The minimum atomic E-state index is -0.389. The van der Waals surface area contributed by atoms with Crippen LogP contribution in [0.1, 0.15) is 25.3 Å². The van der Waals surface area contributed by atoms with Crippen LogP contribution in [0.3, 0.4) is 0 Å². The topological polar surface area (TPSA) is 93.5 Å². The Hall–Kier alpha value is -2.15. The van der Waals surface area contributed by atoms with Crippen molar-refractivity contribution in [2.75, 3.05) is 17.2 Å². The van der Waals surface area contributed by atoms with Crippen LogP contribution in [0.25, 0.3) is 0 Å². The summed E-state index contributed by atoms with van der Waals surface area (Å²) in [6.07, 6.45) is 1.72. The predicted molar refractivity (Wildman–Crippen MR) is 77.5 cm³/mol. The molecule has 112 valence electrons. The van der Waals surface area contributed by atoms with Gasteiger partial charge in [0.15, 0.2) is 0 Å². The number of fused-ring (bicyclic) bond motifs is 1. The summed E-state index contributed by atoms with van der Waals surface area (Å²) in [6, 6.07) is 3.26. The van der Waals surface area contributed by atoms with Crippen molar-refractivity contribution in [2.45, 2.75) is 38.3 Å². The lowest BCUT2D eigenvalue weighted by atomic mass is 10.0. The van der Waals surface area contributed by atoms with Crippen molar-refractivity contribution in [2.24, 2.45) is 0 Å². The van der Waals surface area contributed by atoms with Crippen molar-refractivity contribution in [3.63, 3.8) is 0 Å². The molecule has 0 aromatic heterocycles. The summed E-state index contributed by atoms with van der Waals surface area (Å²) in [7, 11) is 0. The monoisotopic (exact) mass is 291 g/mol. The Labute approximate surface area is 121 Å². The largest absolute Gasteiger partial charge is 0.376 e. The molecule has 1 amide bonds. The van der Waals surface area contributed by atoms with Gasteiger partial charge in [0.05, 0.1) is 17.1 Å². The van der Waals surface area contributed by atoms with Crippen molar-refractivity contribution in [3.05, 3.63) is 27.8 Å². The van der Waals surface area contributed by atoms with Crippen molar-refractivity contribution in [3.8, 4) is 0 Å². The summed E-state index contributed by atoms with van der Waals surface area (Å²) in [4.78, 5) is 22.4. The van der Waals surface area contributed by atoms with E-state index >= 15 is 0 Å². The Kier molecular flexibility index (Phi) is 3.50. The van der Waals surface area contributed by atoms with E-state index < -0.39 is 0 Å². The summed E-state index contributed by atoms with van der Waals surface area (Å²) < 4.78 is 5.47. The van der Waals surface area contributed by atoms with Crippen LogP contribution in [-0.2, 0) is 16.0 Å². The molecule has 2 aliphatic rings. The Morgan fingerprint density at radius 1 is 1.43 bits per heavy atom. The molecule has 21 heavy (non-hydrogen) atoms. The standard InChI is InChI=1S/C14H17N3O4/c1-8-10(4-5-21-8)15-12-7-11-9(2-3-14(18)16-11)6-13(12)17(19)20/h6-8,10,15H,2-5H2,1H3,(H,16,18). The molecule has 2 aliphatic heterocycles. The molecule has 0 radical (unpaired) electrons. The van der Waals surface area contributed by atoms with Gasteiger partial charge in [-0.25, -0.2) is 0 Å². The highest BCUT2D eigenvalue weighted by molar-refractivity contribution is 5.95. The Morgan fingerprint density at radius 2 is 2.24 bits per heavy atom. The molecule has 1 aromatic rings. The van der Waals surface area contributed by atoms with Crippen molar-refractivity contribution < 1.29 is 14.5 Å². The first-order chi connectivity index (χ1) is 10.0. The molecule has 3 rings (SSSR count). The van der Waals surface area contributed by atoms with E-state index in [1.807, 2.05) is 6.92 Å². The highest BCUT2D eigenvalue weighted by Crippen LogP contribution is 2.35. The smallest absolute Gasteiger partial charge is 0.292 e. The second kappa shape index (κ2) is 5.33. The molecule has 0 saturated carbocycles. The van der Waals surface area contributed by atoms with E-state index in [1.54, 1.807) is 12.1 Å². The van der Waals surface area contributed by atoms with Gasteiger partial charge in [-0.1, -0.05) is 0 Å². The van der Waals surface area contributed by atoms with Crippen molar-refractivity contribution >= 4 is 23.0 Å². The number of anilines is 2. The van der Waals surface area contributed by atoms with E-state index in [9.17, 15) is 14.9 Å². The van der Waals surface area contributed by atoms with Gasteiger partial charge >= 0.3 is 0 Å². The molecule has 2 N–H and O–H groups in total. The maximum atomic E-state index is 11.5. The molecule has 1 fully saturated rings. The predicted octanol–water partition coefficient (Wildman–Crippen LogP) is 2.07. The fourth-order valence-electron chi connectivity index (χ4n) is 2.80. The van der Waals surface area contributed by atoms with E-state index in [0.29, 0.717) is 30.8 Å². The molecular weight excluding hydrogens is 274 g/mol. The Morgan fingerprint density at radius 3 is 2.90 bits per heavy atom. The molecule has 1 saturated heterocycles. The third kappa shape index (κ3) is 2.69. The summed E-state index contributed by atoms with van der Waals surface area (Å²) in [6.45, 7) is 2.59. The van der Waals surface area contributed by atoms with Crippen LogP contribution >= 0.6 is 0 Å². The maximum Gasteiger partial charge on any atom is 0.292 e. The van der Waals surface area contributed by atoms with Gasteiger partial charge in [0.2, 0.25) is 5.91 Å². The normalized spacial score (nSPS) is 24.3. The van der Waals surface area contributed by atoms with Crippen LogP contribution in [0.5, 0.6) is 0 Å². The lowest BCUT2D eigenvalue weighted by molar-refractivity contribution is -0.384. The minimum Gasteiger partial charge on any atom is -0.376 e. The molecule has 2 atom stereocenters. The van der Waals surface area contributed by atoms with Gasteiger partial charge in [0, 0.05) is 24.8 Å². The van der Waals surface area contributed by atoms with E-state index in [4.69, 9.17) is 4.74 Å². The van der Waals surface area contributed by atoms with Crippen LogP contribution in [-0.4, -0.2) is 29.6 Å². The first kappa shape index (κ1) is 13.8. The number of nitro groups is 1. The third-order valence-electron chi connectivity index (χ3n) is 4.03. The number of amides is 1. The number of rotatable bonds is 3. The zero-order chi connectivity index (χ0) is 15.0. The maximum absolute atomic E-state index is 11.5. The number of hydrogen-bond donors (Lipinski definition) is 2. The van der Waals surface area contributed by atoms with E-state index in [-0.39, 0.29) is 28.7 Å². The molecule has 7 nitrogen and oxygen atoms in total. The number of nitrogens with one attached hydrogen (secondary N) is 2. The SMILES string of the molecule is CC1OCCC1Nc1cc2c(cc1[N+](=O)[O-])CCC(=O)N2. The fraction of sp³-hybridized carbons (Fsp3) is 0.500. The molecule has 0 bridgehead atoms. The van der Waals surface area contributed by atoms with Gasteiger partial charge in [-0.15, -0.1) is 0 Å². The molecular formula is C14H17N3O4. The zero-order valence-corrected chi connectivity index (χ0v) is 11.7. The van der Waals surface area contributed by atoms with Crippen LogP contribution in [0.2, 0.25) is 0 Å². The fourth-order valence-corrected chi connectivity index (χ4v) is 2.80. The van der Waals surface area contributed by atoms with Crippen LogP contribution < -0.4 is 10.6 Å². The van der Waals surface area contributed by atoms with Gasteiger partial charge in [-0.2, -0.15) is 0 Å². The number of nitrogens with zero attached hydrogens (tertiary/aromatic N) is 1. The van der Waals surface area contributed by atoms with Crippen molar-refractivity contribution in [1.82, 2.24) is 0 Å². The van der Waals surface area contributed by atoms with E-state index in [0.717, 1.165) is 12.0 Å². The molecule has 0 spiro atoms. The summed E-state index contributed by atoms with van der Waals surface area (Å²) in [5.41, 5.74) is 1.95. The summed E-state index contributed by atoms with van der Waals surface area (Å²) in [5, 5.41) is 17.2. The van der Waals surface area contributed by atoms with E-state index in [1.165, 1.54) is 0 Å². The van der Waals surface area contributed by atoms with Gasteiger partial charge in [0.25, 0.3) is 5.69 Å². The van der Waals surface area contributed by atoms with E-state index in [2.05, 4.69) is 10.6 Å². The average molecular weight is 291 g/mol. The number of hydrogen-bond acceptors (Lipinski definition) is 5. The number of carbonyl (C=O) groups excluding carboxylic acids is 1. The van der Waals surface area contributed by atoms with Gasteiger partial charge in [-0.3, -0.25) is 14.9 Å². The molecule has 7 heteroatoms. The number of nitro benzene ring substituents is 1. The quantitative estimate of drug-likeness (QED) is 0.657. The van der Waals surface area contributed by atoms with Crippen LogP contribution in [0.4, 0.5) is 17.1 Å². The average Bonchev–Trinajstić information content (AvgIpc) is 2.83. The van der Waals surface area contributed by atoms with Crippen molar-refractivity contribution in [1.29, 1.82) is 0 Å². The molecule has 2 unspecified atom stereocenters. The molecule has 0 aliphatic carbocycles. The first-order valence-corrected chi connectivity index (χ1v) is 7.04. The highest BCUT2D eigenvalue weighted by Gasteiger charge is 2.28. The number of ether oxygens (including phenoxy) is 1. The zero-order valence-electron chi connectivity index (χ0n) is 11.7. The second-order valence-electron chi connectivity index (χ2n) is 5.45. The van der Waals surface area contributed by atoms with Gasteiger partial charge in [-0.05, 0) is 31.4 Å². The number of aryl methyl sites for hydroxylation is 1. The van der Waals surface area contributed by atoms with Crippen LogP contribution in [0, 0.1) is 10.1 Å². The first-order valence-electron chi connectivity index (χ1n) is 7.04. The second-order valence-corrected chi connectivity index (χ2v) is 5.45. The number of carbonyl (C=O) groups is 1. The third-order valence-corrected chi connectivity index (χ3v) is 4.03. The van der Waals surface area contributed by atoms with Gasteiger partial charge in [0.1, 0.15) is 5.69 Å². The Bertz CT molecular complexity index is 602. The van der Waals surface area contributed by atoms with Gasteiger partial charge < -0.3 is 15.4 Å². The highest BCUT2D eigenvalue weighted by atomic mass is 16.6. The lowest BCUT2D eigenvalue weighted by Gasteiger charge is -2.21. The molecule has 2 heterocycles. The van der Waals surface area contributed by atoms with Crippen LogP contribution in [0.15, 0.2) is 12.1 Å². The summed E-state index contributed by atoms with van der Waals surface area (Å²) >= 11 is 0. The summed E-state index contributed by atoms with van der Waals surface area (Å²) in [5.74, 6) is -0.0557. The minimum absolute atomic E-state index is 0.00947. The lowest BCUT2D eigenvalue weighted by Crippen LogP contribution is -2.27. The molecule has 1 aromatic carbocycles. The Balaban J connectivity index is 1.95.